The lowest BCUT2D eigenvalue weighted by Gasteiger charge is -2.15. The second-order valence-electron chi connectivity index (χ2n) is 5.03. The zero-order chi connectivity index (χ0) is 12.8. The van der Waals surface area contributed by atoms with Crippen molar-refractivity contribution in [1.29, 1.82) is 0 Å². The predicted octanol–water partition coefficient (Wildman–Crippen LogP) is 3.62. The second kappa shape index (κ2) is 6.65. The van der Waals surface area contributed by atoms with Gasteiger partial charge in [-0.25, -0.2) is 0 Å². The summed E-state index contributed by atoms with van der Waals surface area (Å²) in [6.45, 7) is 9.30. The van der Waals surface area contributed by atoms with E-state index in [9.17, 15) is 0 Å². The fourth-order valence-corrected chi connectivity index (χ4v) is 2.04. The van der Waals surface area contributed by atoms with Crippen LogP contribution in [0.4, 0.5) is 0 Å². The van der Waals surface area contributed by atoms with Crippen LogP contribution in [-0.2, 0) is 0 Å². The molecule has 0 saturated heterocycles. The van der Waals surface area contributed by atoms with E-state index in [1.807, 2.05) is 6.07 Å². The van der Waals surface area contributed by atoms with Crippen LogP contribution in [0.5, 0.6) is 5.75 Å². The standard InChI is InChI=1S/C15H25NO/c1-5-6-13(16)10-17-14-7-8-15(11(2)3)12(4)9-14/h7-9,11,13H,5-6,10,16H2,1-4H3. The van der Waals surface area contributed by atoms with E-state index in [0.717, 1.165) is 18.6 Å². The van der Waals surface area contributed by atoms with E-state index in [1.54, 1.807) is 0 Å². The molecule has 2 N–H and O–H groups in total. The van der Waals surface area contributed by atoms with Gasteiger partial charge >= 0.3 is 0 Å². The number of aryl methyl sites for hydroxylation is 1. The molecule has 1 atom stereocenters. The van der Waals surface area contributed by atoms with Gasteiger partial charge in [0.15, 0.2) is 0 Å². The molecule has 0 aromatic heterocycles. The predicted molar refractivity (Wildman–Crippen MR) is 73.6 cm³/mol. The zero-order valence-electron chi connectivity index (χ0n) is 11.5. The summed E-state index contributed by atoms with van der Waals surface area (Å²) in [5.74, 6) is 1.49. The van der Waals surface area contributed by atoms with Crippen molar-refractivity contribution in [2.24, 2.45) is 5.73 Å². The molecular formula is C15H25NO. The molecule has 2 heteroatoms. The molecule has 0 fully saturated rings. The average Bonchev–Trinajstić information content (AvgIpc) is 2.26. The van der Waals surface area contributed by atoms with Crippen LogP contribution in [-0.4, -0.2) is 12.6 Å². The third-order valence-electron chi connectivity index (χ3n) is 2.99. The summed E-state index contributed by atoms with van der Waals surface area (Å²) in [7, 11) is 0. The lowest BCUT2D eigenvalue weighted by atomic mass is 9.98. The summed E-state index contributed by atoms with van der Waals surface area (Å²) in [5, 5.41) is 0. The van der Waals surface area contributed by atoms with E-state index < -0.39 is 0 Å². The third-order valence-corrected chi connectivity index (χ3v) is 2.99. The molecular weight excluding hydrogens is 210 g/mol. The van der Waals surface area contributed by atoms with E-state index in [-0.39, 0.29) is 6.04 Å². The Morgan fingerprint density at radius 2 is 2.00 bits per heavy atom. The monoisotopic (exact) mass is 235 g/mol. The fourth-order valence-electron chi connectivity index (χ4n) is 2.04. The Hall–Kier alpha value is -1.02. The summed E-state index contributed by atoms with van der Waals surface area (Å²) < 4.78 is 5.71. The number of nitrogens with two attached hydrogens (primary N) is 1. The van der Waals surface area contributed by atoms with Crippen molar-refractivity contribution in [3.8, 4) is 5.75 Å². The van der Waals surface area contributed by atoms with E-state index in [4.69, 9.17) is 10.5 Å². The molecule has 1 unspecified atom stereocenters. The van der Waals surface area contributed by atoms with E-state index in [2.05, 4.69) is 39.8 Å². The van der Waals surface area contributed by atoms with Gasteiger partial charge in [-0.1, -0.05) is 33.3 Å². The highest BCUT2D eigenvalue weighted by Gasteiger charge is 2.06. The number of benzene rings is 1. The van der Waals surface area contributed by atoms with Crippen molar-refractivity contribution in [2.75, 3.05) is 6.61 Å². The average molecular weight is 235 g/mol. The van der Waals surface area contributed by atoms with Gasteiger partial charge in [-0.05, 0) is 42.5 Å². The van der Waals surface area contributed by atoms with Crippen molar-refractivity contribution in [3.63, 3.8) is 0 Å². The minimum absolute atomic E-state index is 0.144. The Bertz CT molecular complexity index is 347. The van der Waals surface area contributed by atoms with Gasteiger partial charge in [-0.15, -0.1) is 0 Å². The Labute approximate surface area is 105 Å². The SMILES string of the molecule is CCCC(N)COc1ccc(C(C)C)c(C)c1. The highest BCUT2D eigenvalue weighted by molar-refractivity contribution is 5.36. The quantitative estimate of drug-likeness (QED) is 0.817. The van der Waals surface area contributed by atoms with Crippen LogP contribution in [0.2, 0.25) is 0 Å². The Kier molecular flexibility index (Phi) is 5.49. The molecule has 0 aliphatic heterocycles. The molecule has 0 aliphatic carbocycles. The van der Waals surface area contributed by atoms with Crippen molar-refractivity contribution in [2.45, 2.75) is 52.5 Å². The molecule has 17 heavy (non-hydrogen) atoms. The van der Waals surface area contributed by atoms with Gasteiger partial charge < -0.3 is 10.5 Å². The maximum absolute atomic E-state index is 5.92. The van der Waals surface area contributed by atoms with Crippen LogP contribution < -0.4 is 10.5 Å². The van der Waals surface area contributed by atoms with E-state index in [1.165, 1.54) is 11.1 Å². The second-order valence-corrected chi connectivity index (χ2v) is 5.03. The van der Waals surface area contributed by atoms with Crippen molar-refractivity contribution < 1.29 is 4.74 Å². The normalized spacial score (nSPS) is 12.8. The van der Waals surface area contributed by atoms with Crippen molar-refractivity contribution in [1.82, 2.24) is 0 Å². The van der Waals surface area contributed by atoms with Gasteiger partial charge in [0.2, 0.25) is 0 Å². The van der Waals surface area contributed by atoms with Gasteiger partial charge in [0.25, 0.3) is 0 Å². The molecule has 0 heterocycles. The van der Waals surface area contributed by atoms with E-state index in [0.29, 0.717) is 12.5 Å². The molecule has 0 bridgehead atoms. The summed E-state index contributed by atoms with van der Waals surface area (Å²) in [4.78, 5) is 0. The van der Waals surface area contributed by atoms with Crippen LogP contribution >= 0.6 is 0 Å². The molecule has 0 radical (unpaired) electrons. The molecule has 1 aromatic rings. The summed E-state index contributed by atoms with van der Waals surface area (Å²) in [6.07, 6.45) is 2.12. The Morgan fingerprint density at radius 1 is 1.29 bits per heavy atom. The molecule has 2 nitrogen and oxygen atoms in total. The first kappa shape index (κ1) is 14.0. The maximum atomic E-state index is 5.92. The highest BCUT2D eigenvalue weighted by atomic mass is 16.5. The molecule has 0 saturated carbocycles. The van der Waals surface area contributed by atoms with E-state index >= 15 is 0 Å². The first-order valence-electron chi connectivity index (χ1n) is 6.53. The van der Waals surface area contributed by atoms with Crippen molar-refractivity contribution in [3.05, 3.63) is 29.3 Å². The third kappa shape index (κ3) is 4.39. The largest absolute Gasteiger partial charge is 0.492 e. The Balaban J connectivity index is 2.58. The molecule has 96 valence electrons. The summed E-state index contributed by atoms with van der Waals surface area (Å²) in [6, 6.07) is 6.44. The van der Waals surface area contributed by atoms with Crippen LogP contribution in [0.15, 0.2) is 18.2 Å². The van der Waals surface area contributed by atoms with Gasteiger partial charge in [0, 0.05) is 6.04 Å². The number of hydrogen-bond donors (Lipinski definition) is 1. The topological polar surface area (TPSA) is 35.2 Å². The highest BCUT2D eigenvalue weighted by Crippen LogP contribution is 2.23. The Morgan fingerprint density at radius 3 is 2.53 bits per heavy atom. The molecule has 0 amide bonds. The lowest BCUT2D eigenvalue weighted by molar-refractivity contribution is 0.281. The van der Waals surface area contributed by atoms with Gasteiger partial charge in [-0.2, -0.15) is 0 Å². The minimum Gasteiger partial charge on any atom is -0.492 e. The van der Waals surface area contributed by atoms with Gasteiger partial charge in [0.1, 0.15) is 12.4 Å². The maximum Gasteiger partial charge on any atom is 0.119 e. The van der Waals surface area contributed by atoms with Gasteiger partial charge in [0.05, 0.1) is 0 Å². The number of ether oxygens (including phenoxy) is 1. The van der Waals surface area contributed by atoms with Crippen LogP contribution in [0.1, 0.15) is 50.7 Å². The smallest absolute Gasteiger partial charge is 0.119 e. The molecule has 1 rings (SSSR count). The summed E-state index contributed by atoms with van der Waals surface area (Å²) >= 11 is 0. The van der Waals surface area contributed by atoms with Crippen LogP contribution in [0, 0.1) is 6.92 Å². The minimum atomic E-state index is 0.144. The molecule has 0 aliphatic rings. The fraction of sp³-hybridized carbons (Fsp3) is 0.600. The molecule has 0 spiro atoms. The van der Waals surface area contributed by atoms with Crippen LogP contribution in [0.3, 0.4) is 0 Å². The van der Waals surface area contributed by atoms with Crippen molar-refractivity contribution >= 4 is 0 Å². The van der Waals surface area contributed by atoms with Gasteiger partial charge in [-0.3, -0.25) is 0 Å². The number of rotatable bonds is 6. The number of hydrogen-bond acceptors (Lipinski definition) is 2. The summed E-state index contributed by atoms with van der Waals surface area (Å²) in [5.41, 5.74) is 8.60. The molecule has 1 aromatic carbocycles. The first-order valence-corrected chi connectivity index (χ1v) is 6.53. The first-order chi connectivity index (χ1) is 8.04. The lowest BCUT2D eigenvalue weighted by Crippen LogP contribution is -2.27. The van der Waals surface area contributed by atoms with Crippen LogP contribution in [0.25, 0.3) is 0 Å². The zero-order valence-corrected chi connectivity index (χ0v) is 11.5.